The van der Waals surface area contributed by atoms with E-state index in [0.717, 1.165) is 28.8 Å². The SMILES string of the molecule is CC(=O)N(C(C)=O)c1ccc(SCC(C)(O)C(=O)Nc2ccc(C#N)c(C(F)(F)F)c2)cc1. The zero-order valence-electron chi connectivity index (χ0n) is 17.9. The number of thioether (sulfide) groups is 1. The van der Waals surface area contributed by atoms with Crippen molar-refractivity contribution < 1.29 is 32.7 Å². The minimum absolute atomic E-state index is 0.135. The predicted molar refractivity (Wildman–Crippen MR) is 116 cm³/mol. The minimum atomic E-state index is -4.78. The van der Waals surface area contributed by atoms with Gasteiger partial charge in [-0.15, -0.1) is 11.8 Å². The highest BCUT2D eigenvalue weighted by molar-refractivity contribution is 7.99. The number of halogens is 3. The second-order valence-electron chi connectivity index (χ2n) is 7.25. The molecule has 2 rings (SSSR count). The summed E-state index contributed by atoms with van der Waals surface area (Å²) in [5.74, 6) is -1.95. The van der Waals surface area contributed by atoms with Gasteiger partial charge in [0.05, 0.1) is 22.9 Å². The van der Waals surface area contributed by atoms with E-state index in [9.17, 15) is 32.7 Å². The van der Waals surface area contributed by atoms with Crippen molar-refractivity contribution in [1.29, 1.82) is 5.26 Å². The first-order chi connectivity index (χ1) is 15.3. The lowest BCUT2D eigenvalue weighted by molar-refractivity contribution is -0.138. The molecule has 0 spiro atoms. The number of hydrogen-bond acceptors (Lipinski definition) is 6. The van der Waals surface area contributed by atoms with Gasteiger partial charge in [-0.1, -0.05) is 0 Å². The molecule has 0 heterocycles. The molecule has 174 valence electrons. The van der Waals surface area contributed by atoms with E-state index in [1.165, 1.54) is 39.0 Å². The second-order valence-corrected chi connectivity index (χ2v) is 8.30. The Hall–Kier alpha value is -3.36. The maximum Gasteiger partial charge on any atom is 0.417 e. The van der Waals surface area contributed by atoms with Crippen LogP contribution in [-0.2, 0) is 20.6 Å². The topological polar surface area (TPSA) is 110 Å². The van der Waals surface area contributed by atoms with Gasteiger partial charge >= 0.3 is 6.18 Å². The molecular weight excluding hydrogens is 459 g/mol. The average molecular weight is 479 g/mol. The Balaban J connectivity index is 2.09. The molecule has 0 aliphatic heterocycles. The summed E-state index contributed by atoms with van der Waals surface area (Å²) in [5.41, 5.74) is -3.57. The monoisotopic (exact) mass is 479 g/mol. The van der Waals surface area contributed by atoms with Crippen LogP contribution in [0.5, 0.6) is 0 Å². The van der Waals surface area contributed by atoms with E-state index >= 15 is 0 Å². The highest BCUT2D eigenvalue weighted by Gasteiger charge is 2.35. The van der Waals surface area contributed by atoms with Gasteiger partial charge in [0, 0.05) is 30.2 Å². The number of nitrogens with one attached hydrogen (secondary N) is 1. The molecule has 0 fully saturated rings. The second kappa shape index (κ2) is 10.1. The first-order valence-electron chi connectivity index (χ1n) is 9.45. The van der Waals surface area contributed by atoms with E-state index < -0.39 is 40.6 Å². The third kappa shape index (κ3) is 6.57. The van der Waals surface area contributed by atoms with Gasteiger partial charge in [0.1, 0.15) is 5.60 Å². The fourth-order valence-corrected chi connectivity index (χ4v) is 3.69. The zero-order valence-corrected chi connectivity index (χ0v) is 18.7. The lowest BCUT2D eigenvalue weighted by Crippen LogP contribution is -2.42. The van der Waals surface area contributed by atoms with E-state index in [1.807, 2.05) is 0 Å². The molecule has 0 saturated heterocycles. The summed E-state index contributed by atoms with van der Waals surface area (Å²) in [7, 11) is 0. The molecular formula is C22H20F3N3O4S. The van der Waals surface area contributed by atoms with E-state index in [4.69, 9.17) is 5.26 Å². The van der Waals surface area contributed by atoms with Gasteiger partial charge in [0.2, 0.25) is 11.8 Å². The summed E-state index contributed by atoms with van der Waals surface area (Å²) in [4.78, 5) is 37.3. The Kier molecular flexibility index (Phi) is 7.89. The van der Waals surface area contributed by atoms with Gasteiger partial charge < -0.3 is 10.4 Å². The molecule has 1 unspecified atom stereocenters. The molecule has 33 heavy (non-hydrogen) atoms. The molecule has 7 nitrogen and oxygen atoms in total. The zero-order chi connectivity index (χ0) is 25.0. The van der Waals surface area contributed by atoms with E-state index in [1.54, 1.807) is 12.1 Å². The van der Waals surface area contributed by atoms with Crippen molar-refractivity contribution in [3.8, 4) is 6.07 Å². The molecule has 2 aromatic rings. The van der Waals surface area contributed by atoms with Crippen LogP contribution in [-0.4, -0.2) is 34.2 Å². The summed E-state index contributed by atoms with van der Waals surface area (Å²) in [6, 6.07) is 10.4. The van der Waals surface area contributed by atoms with Gasteiger partial charge in [0.15, 0.2) is 0 Å². The van der Waals surface area contributed by atoms with Crippen LogP contribution in [0.1, 0.15) is 31.9 Å². The van der Waals surface area contributed by atoms with Crippen molar-refractivity contribution in [2.24, 2.45) is 0 Å². The van der Waals surface area contributed by atoms with Crippen LogP contribution in [0.3, 0.4) is 0 Å². The van der Waals surface area contributed by atoms with Gasteiger partial charge in [-0.2, -0.15) is 18.4 Å². The Morgan fingerprint density at radius 2 is 1.67 bits per heavy atom. The molecule has 2 aromatic carbocycles. The van der Waals surface area contributed by atoms with Gasteiger partial charge in [-0.3, -0.25) is 19.3 Å². The van der Waals surface area contributed by atoms with Crippen LogP contribution >= 0.6 is 11.8 Å². The third-order valence-electron chi connectivity index (χ3n) is 4.44. The Bertz CT molecular complexity index is 1100. The average Bonchev–Trinajstić information content (AvgIpc) is 2.72. The number of amides is 3. The van der Waals surface area contributed by atoms with Crippen molar-refractivity contribution in [2.75, 3.05) is 16.0 Å². The number of nitriles is 1. The molecule has 2 N–H and O–H groups in total. The standard InChI is InChI=1S/C22H20F3N3O4S/c1-13(29)28(14(2)30)17-6-8-18(9-7-17)33-12-21(3,32)20(31)27-16-5-4-15(11-26)19(10-16)22(23,24)25/h4-10,32H,12H2,1-3H3,(H,27,31). The molecule has 0 bridgehead atoms. The van der Waals surface area contributed by atoms with Gasteiger partial charge in [0.25, 0.3) is 5.91 Å². The lowest BCUT2D eigenvalue weighted by atomic mass is 10.1. The quantitative estimate of drug-likeness (QED) is 0.607. The normalized spacial score (nSPS) is 12.9. The number of carbonyl (C=O) groups excluding carboxylic acids is 3. The number of nitrogens with zero attached hydrogens (tertiary/aromatic N) is 2. The molecule has 1 atom stereocenters. The number of benzene rings is 2. The molecule has 0 aliphatic rings. The maximum absolute atomic E-state index is 13.1. The predicted octanol–water partition coefficient (Wildman–Crippen LogP) is 3.96. The molecule has 0 aliphatic carbocycles. The van der Waals surface area contributed by atoms with Gasteiger partial charge in [-0.05, 0) is 49.4 Å². The number of rotatable bonds is 6. The number of anilines is 2. The van der Waals surface area contributed by atoms with Crippen LogP contribution in [0.25, 0.3) is 0 Å². The van der Waals surface area contributed by atoms with Crippen molar-refractivity contribution in [1.82, 2.24) is 0 Å². The van der Waals surface area contributed by atoms with Crippen molar-refractivity contribution >= 4 is 40.9 Å². The van der Waals surface area contributed by atoms with Crippen molar-refractivity contribution in [3.63, 3.8) is 0 Å². The number of hydrogen-bond donors (Lipinski definition) is 2. The van der Waals surface area contributed by atoms with E-state index in [0.29, 0.717) is 16.6 Å². The molecule has 11 heteroatoms. The summed E-state index contributed by atoms with van der Waals surface area (Å²) in [6.45, 7) is 3.72. The summed E-state index contributed by atoms with van der Waals surface area (Å²) in [5, 5.41) is 21.6. The van der Waals surface area contributed by atoms with Gasteiger partial charge in [-0.25, -0.2) is 0 Å². The van der Waals surface area contributed by atoms with Crippen molar-refractivity contribution in [2.45, 2.75) is 37.4 Å². The first kappa shape index (κ1) is 25.9. The van der Waals surface area contributed by atoms with Crippen molar-refractivity contribution in [3.05, 3.63) is 53.6 Å². The number of imide groups is 1. The Labute approximate surface area is 192 Å². The molecule has 3 amide bonds. The number of carbonyl (C=O) groups is 3. The number of aliphatic hydroxyl groups is 1. The summed E-state index contributed by atoms with van der Waals surface area (Å²) >= 11 is 1.09. The highest BCUT2D eigenvalue weighted by Crippen LogP contribution is 2.34. The molecule has 0 saturated carbocycles. The number of alkyl halides is 3. The lowest BCUT2D eigenvalue weighted by Gasteiger charge is -2.22. The van der Waals surface area contributed by atoms with Crippen LogP contribution in [0.4, 0.5) is 24.5 Å². The first-order valence-corrected chi connectivity index (χ1v) is 10.4. The van der Waals surface area contributed by atoms with Crippen LogP contribution in [0.2, 0.25) is 0 Å². The van der Waals surface area contributed by atoms with Crippen LogP contribution < -0.4 is 10.2 Å². The summed E-state index contributed by atoms with van der Waals surface area (Å²) in [6.07, 6.45) is -4.78. The third-order valence-corrected chi connectivity index (χ3v) is 5.75. The highest BCUT2D eigenvalue weighted by atomic mass is 32.2. The fraction of sp³-hybridized carbons (Fsp3) is 0.273. The van der Waals surface area contributed by atoms with Crippen LogP contribution in [0.15, 0.2) is 47.4 Å². The molecule has 0 radical (unpaired) electrons. The fourth-order valence-electron chi connectivity index (χ4n) is 2.79. The van der Waals surface area contributed by atoms with E-state index in [2.05, 4.69) is 5.32 Å². The smallest absolute Gasteiger partial charge is 0.379 e. The Morgan fingerprint density at radius 1 is 1.09 bits per heavy atom. The largest absolute Gasteiger partial charge is 0.417 e. The van der Waals surface area contributed by atoms with Crippen LogP contribution in [0, 0.1) is 11.3 Å². The summed E-state index contributed by atoms with van der Waals surface area (Å²) < 4.78 is 39.3. The maximum atomic E-state index is 13.1. The minimum Gasteiger partial charge on any atom is -0.379 e. The molecule has 0 aromatic heterocycles. The van der Waals surface area contributed by atoms with E-state index in [-0.39, 0.29) is 11.4 Å². The Morgan fingerprint density at radius 3 is 2.15 bits per heavy atom.